The molecule has 6 radical (unpaired) electrons. The van der Waals surface area contributed by atoms with Crippen molar-refractivity contribution in [2.24, 2.45) is 0 Å². The van der Waals surface area contributed by atoms with Crippen LogP contribution in [0, 0.1) is 0 Å². The summed E-state index contributed by atoms with van der Waals surface area (Å²) in [5.41, 5.74) is 2.55. The summed E-state index contributed by atoms with van der Waals surface area (Å²) < 4.78 is 11.2. The molecule has 3 unspecified atom stereocenters. The molecule has 37 heavy (non-hydrogen) atoms. The number of carbonyl (C=O) groups excluding carboxylic acids is 4. The minimum atomic E-state index is -0.913. The first-order valence-electron chi connectivity index (χ1n) is 12.0. The van der Waals surface area contributed by atoms with Gasteiger partial charge in [0, 0.05) is 30.0 Å². The van der Waals surface area contributed by atoms with E-state index >= 15 is 0 Å². The van der Waals surface area contributed by atoms with Crippen molar-refractivity contribution in [1.29, 1.82) is 0 Å². The minimum absolute atomic E-state index is 0.0186. The molecule has 9 nitrogen and oxygen atoms in total. The number of nitrogens with one attached hydrogen (secondary N) is 1. The van der Waals surface area contributed by atoms with Crippen LogP contribution in [0.15, 0.2) is 36.4 Å². The third-order valence-electron chi connectivity index (χ3n) is 6.91. The van der Waals surface area contributed by atoms with Crippen molar-refractivity contribution in [2.75, 3.05) is 19.8 Å². The third kappa shape index (κ3) is 4.77. The molecule has 3 aliphatic rings. The fraction of sp³-hybridized carbons (Fsp3) is 0.360. The highest BCUT2D eigenvalue weighted by Crippen LogP contribution is 2.35. The number of amides is 4. The van der Waals surface area contributed by atoms with Gasteiger partial charge in [0.1, 0.15) is 41.9 Å². The second-order valence-electron chi connectivity index (χ2n) is 9.19. The van der Waals surface area contributed by atoms with Gasteiger partial charge in [-0.15, -0.1) is 0 Å². The van der Waals surface area contributed by atoms with Crippen LogP contribution in [-0.2, 0) is 25.7 Å². The Morgan fingerprint density at radius 2 is 1.92 bits per heavy atom. The van der Waals surface area contributed by atoms with Crippen molar-refractivity contribution in [2.45, 2.75) is 37.4 Å². The van der Waals surface area contributed by atoms with Gasteiger partial charge in [-0.3, -0.25) is 24.5 Å². The predicted octanol–water partition coefficient (Wildman–Crippen LogP) is -0.487. The van der Waals surface area contributed by atoms with Crippen LogP contribution in [0.4, 0.5) is 0 Å². The predicted molar refractivity (Wildman–Crippen MR) is 134 cm³/mol. The van der Waals surface area contributed by atoms with Crippen molar-refractivity contribution >= 4 is 52.6 Å². The van der Waals surface area contributed by atoms with Gasteiger partial charge in [0.25, 0.3) is 5.91 Å². The van der Waals surface area contributed by atoms with Crippen LogP contribution < -0.4 is 15.5 Å². The number of carbonyl (C=O) groups is 4. The molecule has 3 heterocycles. The first kappa shape index (κ1) is 25.1. The summed E-state index contributed by atoms with van der Waals surface area (Å²) in [6.45, 7) is 0.917. The molecule has 0 bridgehead atoms. The second-order valence-corrected chi connectivity index (χ2v) is 9.19. The van der Waals surface area contributed by atoms with E-state index in [0.29, 0.717) is 46.6 Å². The van der Waals surface area contributed by atoms with Gasteiger partial charge in [-0.1, -0.05) is 29.7 Å². The first-order chi connectivity index (χ1) is 17.7. The van der Waals surface area contributed by atoms with Crippen molar-refractivity contribution < 1.29 is 28.7 Å². The summed E-state index contributed by atoms with van der Waals surface area (Å²) in [5, 5.41) is 2.29. The molecule has 12 heteroatoms. The number of hydrogen-bond acceptors (Lipinski definition) is 6. The lowest BCUT2D eigenvalue weighted by Crippen LogP contribution is -2.52. The molecule has 2 fully saturated rings. The van der Waals surface area contributed by atoms with E-state index in [1.165, 1.54) is 9.80 Å². The Bertz CT molecular complexity index is 1290. The maximum Gasteiger partial charge on any atom is 0.255 e. The van der Waals surface area contributed by atoms with Crippen molar-refractivity contribution in [3.8, 4) is 5.75 Å². The monoisotopic (exact) mass is 493 g/mol. The number of nitrogens with zero attached hydrogens (tertiary/aromatic N) is 2. The minimum Gasteiger partial charge on any atom is -0.496 e. The van der Waals surface area contributed by atoms with E-state index < -0.39 is 23.9 Å². The molecular formula is C25H22B3N3O6. The molecule has 182 valence electrons. The third-order valence-corrected chi connectivity index (χ3v) is 6.91. The molecule has 1 N–H and O–H groups in total. The number of rotatable bonds is 6. The smallest absolute Gasteiger partial charge is 0.255 e. The fourth-order valence-corrected chi connectivity index (χ4v) is 4.90. The normalized spacial score (nSPS) is 21.5. The Morgan fingerprint density at radius 3 is 2.65 bits per heavy atom. The highest BCUT2D eigenvalue weighted by atomic mass is 16.5. The lowest BCUT2D eigenvalue weighted by Gasteiger charge is -2.34. The van der Waals surface area contributed by atoms with E-state index in [1.54, 1.807) is 36.4 Å². The molecule has 0 saturated carbocycles. The van der Waals surface area contributed by atoms with Gasteiger partial charge >= 0.3 is 0 Å². The Balaban J connectivity index is 1.32. The maximum absolute atomic E-state index is 13.0. The van der Waals surface area contributed by atoms with Crippen molar-refractivity contribution in [1.82, 2.24) is 15.1 Å². The highest BCUT2D eigenvalue weighted by Gasteiger charge is 2.40. The quantitative estimate of drug-likeness (QED) is 0.431. The number of fused-ring (bicyclic) bond motifs is 1. The zero-order valence-corrected chi connectivity index (χ0v) is 20.0. The molecule has 2 saturated heterocycles. The van der Waals surface area contributed by atoms with Crippen LogP contribution in [0.1, 0.15) is 51.8 Å². The van der Waals surface area contributed by atoms with Crippen LogP contribution >= 0.6 is 0 Å². The van der Waals surface area contributed by atoms with Crippen LogP contribution in [-0.4, -0.2) is 82.8 Å². The van der Waals surface area contributed by atoms with Crippen LogP contribution in [0.25, 0.3) is 0 Å². The van der Waals surface area contributed by atoms with Crippen molar-refractivity contribution in [3.63, 3.8) is 0 Å². The summed E-state index contributed by atoms with van der Waals surface area (Å²) in [6.07, 6.45) is 0.440. The van der Waals surface area contributed by atoms with Crippen LogP contribution in [0.5, 0.6) is 5.75 Å². The second kappa shape index (κ2) is 10.1. The lowest BCUT2D eigenvalue weighted by atomic mass is 9.76. The average Bonchev–Trinajstić information content (AvgIpc) is 3.21. The summed E-state index contributed by atoms with van der Waals surface area (Å²) >= 11 is 0. The molecule has 2 aromatic rings. The van der Waals surface area contributed by atoms with Gasteiger partial charge < -0.3 is 19.3 Å². The van der Waals surface area contributed by atoms with Gasteiger partial charge in [0.15, 0.2) is 0 Å². The van der Waals surface area contributed by atoms with E-state index in [4.69, 9.17) is 33.0 Å². The van der Waals surface area contributed by atoms with E-state index in [2.05, 4.69) is 5.32 Å². The SMILES string of the molecule is [B]c1cc(C([B])Oc2cccc3c2CN(C2CCC(=O)NC2=O)C3=O)ccc1C([B])N1CCOCC1=O. The Labute approximate surface area is 218 Å². The number of imide groups is 1. The summed E-state index contributed by atoms with van der Waals surface area (Å²) in [6, 6.07) is 8.51. The molecule has 3 atom stereocenters. The Hall–Kier alpha value is -3.53. The zero-order chi connectivity index (χ0) is 26.3. The molecule has 3 aliphatic heterocycles. The van der Waals surface area contributed by atoms with Gasteiger partial charge in [0.05, 0.1) is 19.2 Å². The van der Waals surface area contributed by atoms with Gasteiger partial charge in [-0.2, -0.15) is 0 Å². The summed E-state index contributed by atoms with van der Waals surface area (Å²) in [7, 11) is 18.9. The Kier molecular flexibility index (Phi) is 6.85. The number of hydrogen-bond donors (Lipinski definition) is 1. The van der Waals surface area contributed by atoms with E-state index in [9.17, 15) is 19.2 Å². The fourth-order valence-electron chi connectivity index (χ4n) is 4.90. The standard InChI is InChI=1S/C25H22B3N3O6/c26-17-10-13(4-5-15(17)22(27)30-8-9-36-12-21(30)33)23(28)37-19-3-1-2-14-16(19)11-31(25(14)35)18-6-7-20(32)29-24(18)34/h1-5,10,18,22-23H,6-9,11-12H2,(H,29,32,34). The molecule has 0 aromatic heterocycles. The van der Waals surface area contributed by atoms with E-state index in [-0.39, 0.29) is 43.7 Å². The van der Waals surface area contributed by atoms with Gasteiger partial charge in [0.2, 0.25) is 17.7 Å². The molecule has 0 spiro atoms. The van der Waals surface area contributed by atoms with Crippen LogP contribution in [0.2, 0.25) is 0 Å². The largest absolute Gasteiger partial charge is 0.496 e. The van der Waals surface area contributed by atoms with E-state index in [1.807, 2.05) is 0 Å². The maximum atomic E-state index is 13.0. The number of piperidine rings is 1. The number of morpholine rings is 1. The Morgan fingerprint density at radius 1 is 1.11 bits per heavy atom. The summed E-state index contributed by atoms with van der Waals surface area (Å²) in [4.78, 5) is 52.0. The van der Waals surface area contributed by atoms with Gasteiger partial charge in [-0.05, 0) is 29.7 Å². The number of benzene rings is 2. The van der Waals surface area contributed by atoms with Crippen LogP contribution in [0.3, 0.4) is 0 Å². The lowest BCUT2D eigenvalue weighted by molar-refractivity contribution is -0.143. The molecule has 5 rings (SSSR count). The topological polar surface area (TPSA) is 105 Å². The molecular weight excluding hydrogens is 471 g/mol. The average molecular weight is 493 g/mol. The molecule has 0 aliphatic carbocycles. The first-order valence-corrected chi connectivity index (χ1v) is 12.0. The number of ether oxygens (including phenoxy) is 2. The van der Waals surface area contributed by atoms with Crippen molar-refractivity contribution in [3.05, 3.63) is 58.7 Å². The van der Waals surface area contributed by atoms with E-state index in [0.717, 1.165) is 0 Å². The summed E-state index contributed by atoms with van der Waals surface area (Å²) in [5.74, 6) is -1.65. The highest BCUT2D eigenvalue weighted by molar-refractivity contribution is 6.34. The molecule has 4 amide bonds. The van der Waals surface area contributed by atoms with Gasteiger partial charge in [-0.25, -0.2) is 0 Å². The molecule has 2 aromatic carbocycles. The zero-order valence-electron chi connectivity index (χ0n) is 20.0.